The van der Waals surface area contributed by atoms with Gasteiger partial charge in [0.05, 0.1) is 12.4 Å². The van der Waals surface area contributed by atoms with Gasteiger partial charge in [0.2, 0.25) is 0 Å². The highest BCUT2D eigenvalue weighted by molar-refractivity contribution is 5.70. The highest BCUT2D eigenvalue weighted by Crippen LogP contribution is 2.17. The molecule has 0 spiro atoms. The van der Waals surface area contributed by atoms with Crippen LogP contribution in [0.5, 0.6) is 0 Å². The third-order valence-corrected chi connectivity index (χ3v) is 1.93. The fraction of sp³-hybridized carbons (Fsp3) is 0.700. The number of esters is 1. The van der Waals surface area contributed by atoms with E-state index in [1.54, 1.807) is 6.92 Å². The van der Waals surface area contributed by atoms with Crippen LogP contribution < -0.4 is 0 Å². The summed E-state index contributed by atoms with van der Waals surface area (Å²) in [6, 6.07) is 0. The molecule has 0 bridgehead atoms. The van der Waals surface area contributed by atoms with Crippen LogP contribution in [0.4, 0.5) is 0 Å². The van der Waals surface area contributed by atoms with Crippen LogP contribution in [0.1, 0.15) is 32.6 Å². The molecule has 0 radical (unpaired) electrons. The highest BCUT2D eigenvalue weighted by atomic mass is 16.6. The molecule has 3 heteroatoms. The van der Waals surface area contributed by atoms with E-state index in [0.717, 1.165) is 25.0 Å². The number of rotatable bonds is 4. The molecule has 0 aromatic heterocycles. The van der Waals surface area contributed by atoms with Gasteiger partial charge in [-0.05, 0) is 32.3 Å². The first-order valence-corrected chi connectivity index (χ1v) is 4.80. The molecule has 1 rings (SSSR count). The van der Waals surface area contributed by atoms with E-state index in [-0.39, 0.29) is 12.6 Å². The van der Waals surface area contributed by atoms with E-state index in [0.29, 0.717) is 6.61 Å². The second kappa shape index (κ2) is 5.62. The first-order chi connectivity index (χ1) is 6.33. The zero-order valence-electron chi connectivity index (χ0n) is 8.04. The van der Waals surface area contributed by atoms with Crippen molar-refractivity contribution in [3.05, 3.63) is 11.8 Å². The number of allylic oxidation sites excluding steroid dienone is 2. The van der Waals surface area contributed by atoms with Crippen molar-refractivity contribution in [1.82, 2.24) is 0 Å². The SMILES string of the molecule is CCOC(=O)COC1=CCCCC1. The van der Waals surface area contributed by atoms with Crippen molar-refractivity contribution in [1.29, 1.82) is 0 Å². The zero-order valence-corrected chi connectivity index (χ0v) is 8.04. The summed E-state index contributed by atoms with van der Waals surface area (Å²) in [5, 5.41) is 0. The first kappa shape index (κ1) is 10.1. The molecule has 74 valence electrons. The van der Waals surface area contributed by atoms with Gasteiger partial charge in [-0.2, -0.15) is 0 Å². The van der Waals surface area contributed by atoms with Crippen LogP contribution >= 0.6 is 0 Å². The molecule has 0 unspecified atom stereocenters. The van der Waals surface area contributed by atoms with E-state index < -0.39 is 0 Å². The summed E-state index contributed by atoms with van der Waals surface area (Å²) in [4.78, 5) is 10.9. The molecule has 0 saturated heterocycles. The first-order valence-electron chi connectivity index (χ1n) is 4.80. The number of hydrogen-bond acceptors (Lipinski definition) is 3. The lowest BCUT2D eigenvalue weighted by Gasteiger charge is -2.13. The summed E-state index contributed by atoms with van der Waals surface area (Å²) in [5.41, 5.74) is 0. The summed E-state index contributed by atoms with van der Waals surface area (Å²) in [7, 11) is 0. The minimum absolute atomic E-state index is 0.0552. The fourth-order valence-electron chi connectivity index (χ4n) is 1.29. The topological polar surface area (TPSA) is 35.5 Å². The molecule has 1 aliphatic carbocycles. The van der Waals surface area contributed by atoms with Crippen LogP contribution in [0.3, 0.4) is 0 Å². The average Bonchev–Trinajstić information content (AvgIpc) is 2.17. The molecule has 0 amide bonds. The maximum absolute atomic E-state index is 10.9. The maximum atomic E-state index is 10.9. The van der Waals surface area contributed by atoms with Gasteiger partial charge in [-0.15, -0.1) is 0 Å². The van der Waals surface area contributed by atoms with Crippen LogP contribution in [0.15, 0.2) is 11.8 Å². The normalized spacial score (nSPS) is 16.2. The number of hydrogen-bond donors (Lipinski definition) is 0. The second-order valence-electron chi connectivity index (χ2n) is 3.01. The van der Waals surface area contributed by atoms with Gasteiger partial charge < -0.3 is 9.47 Å². The Hall–Kier alpha value is -0.990. The standard InChI is InChI=1S/C10H16O3/c1-2-12-10(11)8-13-9-6-4-3-5-7-9/h6H,2-5,7-8H2,1H3. The Morgan fingerprint density at radius 1 is 1.54 bits per heavy atom. The number of carbonyl (C=O) groups is 1. The fourth-order valence-corrected chi connectivity index (χ4v) is 1.29. The zero-order chi connectivity index (χ0) is 9.52. The van der Waals surface area contributed by atoms with Crippen LogP contribution in [0.2, 0.25) is 0 Å². The van der Waals surface area contributed by atoms with Gasteiger partial charge in [0, 0.05) is 6.42 Å². The molecule has 0 heterocycles. The van der Waals surface area contributed by atoms with Gasteiger partial charge >= 0.3 is 5.97 Å². The number of ether oxygens (including phenoxy) is 2. The number of carbonyl (C=O) groups excluding carboxylic acids is 1. The Morgan fingerprint density at radius 3 is 3.00 bits per heavy atom. The molecule has 0 aromatic carbocycles. The molecule has 1 aliphatic rings. The van der Waals surface area contributed by atoms with E-state index in [1.807, 2.05) is 0 Å². The summed E-state index contributed by atoms with van der Waals surface area (Å²) in [6.07, 6.45) is 6.47. The molecule has 13 heavy (non-hydrogen) atoms. The van der Waals surface area contributed by atoms with E-state index in [4.69, 9.17) is 9.47 Å². The lowest BCUT2D eigenvalue weighted by Crippen LogP contribution is -2.12. The summed E-state index contributed by atoms with van der Waals surface area (Å²) in [6.45, 7) is 2.26. The summed E-state index contributed by atoms with van der Waals surface area (Å²) in [5.74, 6) is 0.660. The van der Waals surface area contributed by atoms with E-state index in [9.17, 15) is 4.79 Å². The molecule has 0 fully saturated rings. The second-order valence-corrected chi connectivity index (χ2v) is 3.01. The van der Waals surface area contributed by atoms with E-state index >= 15 is 0 Å². The van der Waals surface area contributed by atoms with E-state index in [1.165, 1.54) is 6.42 Å². The minimum Gasteiger partial charge on any atom is -0.487 e. The van der Waals surface area contributed by atoms with Crippen molar-refractivity contribution in [2.24, 2.45) is 0 Å². The van der Waals surface area contributed by atoms with Crippen molar-refractivity contribution in [2.45, 2.75) is 32.6 Å². The van der Waals surface area contributed by atoms with E-state index in [2.05, 4.69) is 6.08 Å². The molecule has 3 nitrogen and oxygen atoms in total. The van der Waals surface area contributed by atoms with Crippen LogP contribution in [0.25, 0.3) is 0 Å². The Kier molecular flexibility index (Phi) is 4.36. The average molecular weight is 184 g/mol. The Morgan fingerprint density at radius 2 is 2.38 bits per heavy atom. The minimum atomic E-state index is -0.283. The van der Waals surface area contributed by atoms with Gasteiger partial charge in [-0.1, -0.05) is 0 Å². The molecular weight excluding hydrogens is 168 g/mol. The molecule has 0 atom stereocenters. The predicted octanol–water partition coefficient (Wildman–Crippen LogP) is 2.02. The maximum Gasteiger partial charge on any atom is 0.344 e. The van der Waals surface area contributed by atoms with Crippen molar-refractivity contribution in [3.63, 3.8) is 0 Å². The van der Waals surface area contributed by atoms with Crippen molar-refractivity contribution < 1.29 is 14.3 Å². The van der Waals surface area contributed by atoms with Crippen molar-refractivity contribution in [2.75, 3.05) is 13.2 Å². The van der Waals surface area contributed by atoms with Gasteiger partial charge in [-0.25, -0.2) is 4.79 Å². The monoisotopic (exact) mass is 184 g/mol. The molecule has 0 aromatic rings. The highest BCUT2D eigenvalue weighted by Gasteiger charge is 2.07. The van der Waals surface area contributed by atoms with Gasteiger partial charge in [-0.3, -0.25) is 0 Å². The predicted molar refractivity (Wildman–Crippen MR) is 49.1 cm³/mol. The molecule has 0 aliphatic heterocycles. The van der Waals surface area contributed by atoms with Crippen molar-refractivity contribution >= 4 is 5.97 Å². The third-order valence-electron chi connectivity index (χ3n) is 1.93. The van der Waals surface area contributed by atoms with Gasteiger partial charge in [0.1, 0.15) is 0 Å². The smallest absolute Gasteiger partial charge is 0.344 e. The van der Waals surface area contributed by atoms with Crippen molar-refractivity contribution in [3.8, 4) is 0 Å². The largest absolute Gasteiger partial charge is 0.487 e. The summed E-state index contributed by atoms with van der Waals surface area (Å²) >= 11 is 0. The third kappa shape index (κ3) is 3.97. The van der Waals surface area contributed by atoms with Crippen LogP contribution in [0, 0.1) is 0 Å². The van der Waals surface area contributed by atoms with Crippen LogP contribution in [-0.2, 0) is 14.3 Å². The summed E-state index contributed by atoms with van der Waals surface area (Å²) < 4.78 is 10.0. The Labute approximate surface area is 78.7 Å². The molecule has 0 saturated carbocycles. The Balaban J connectivity index is 2.17. The molecular formula is C10H16O3. The van der Waals surface area contributed by atoms with Crippen LogP contribution in [-0.4, -0.2) is 19.2 Å². The lowest BCUT2D eigenvalue weighted by molar-refractivity contribution is -0.147. The Bertz CT molecular complexity index is 196. The van der Waals surface area contributed by atoms with Gasteiger partial charge in [0.25, 0.3) is 0 Å². The lowest BCUT2D eigenvalue weighted by atomic mass is 10.1. The quantitative estimate of drug-likeness (QED) is 0.627. The van der Waals surface area contributed by atoms with Gasteiger partial charge in [0.15, 0.2) is 6.61 Å². The molecule has 0 N–H and O–H groups in total.